The molecule has 0 aliphatic heterocycles. The Morgan fingerprint density at radius 1 is 0.690 bits per heavy atom. The average molecular weight is 407 g/mol. The molecule has 0 aromatic heterocycles. The van der Waals surface area contributed by atoms with Crippen molar-refractivity contribution in [2.45, 2.75) is 78.1 Å². The van der Waals surface area contributed by atoms with Crippen molar-refractivity contribution in [3.8, 4) is 0 Å². The maximum Gasteiger partial charge on any atom is 0.338 e. The number of ether oxygens (including phenoxy) is 3. The molecule has 0 aliphatic rings. The maximum absolute atomic E-state index is 12.2. The molecule has 0 fully saturated rings. The van der Waals surface area contributed by atoms with Crippen molar-refractivity contribution in [3.05, 3.63) is 35.4 Å². The number of rotatable bonds is 17. The van der Waals surface area contributed by atoms with Crippen LogP contribution in [0.1, 0.15) is 98.8 Å². The van der Waals surface area contributed by atoms with Gasteiger partial charge in [-0.25, -0.2) is 9.59 Å². The van der Waals surface area contributed by atoms with Gasteiger partial charge < -0.3 is 14.2 Å². The first-order valence-electron chi connectivity index (χ1n) is 11.2. The Hall–Kier alpha value is -1.88. The van der Waals surface area contributed by atoms with Crippen LogP contribution >= 0.6 is 0 Å². The minimum Gasteiger partial charge on any atom is -0.462 e. The second-order valence-corrected chi connectivity index (χ2v) is 7.23. The van der Waals surface area contributed by atoms with Crippen LogP contribution in [-0.4, -0.2) is 38.4 Å². The molecule has 0 saturated carbocycles. The average Bonchev–Trinajstić information content (AvgIpc) is 2.75. The van der Waals surface area contributed by atoms with Crippen molar-refractivity contribution in [1.29, 1.82) is 0 Å². The molecule has 0 aliphatic carbocycles. The molecule has 0 unspecified atom stereocenters. The molecule has 0 atom stereocenters. The first-order chi connectivity index (χ1) is 14.2. The summed E-state index contributed by atoms with van der Waals surface area (Å²) in [4.78, 5) is 24.2. The van der Waals surface area contributed by atoms with Gasteiger partial charge in [0, 0.05) is 6.61 Å². The lowest BCUT2D eigenvalue weighted by Gasteiger charge is -2.07. The number of hydrogen-bond donors (Lipinski definition) is 0. The van der Waals surface area contributed by atoms with Crippen molar-refractivity contribution in [2.24, 2.45) is 0 Å². The highest BCUT2D eigenvalue weighted by Crippen LogP contribution is 2.12. The third kappa shape index (κ3) is 12.3. The number of carbonyl (C=O) groups is 2. The van der Waals surface area contributed by atoms with Gasteiger partial charge in [0.25, 0.3) is 0 Å². The van der Waals surface area contributed by atoms with Crippen LogP contribution in [0.3, 0.4) is 0 Å². The van der Waals surface area contributed by atoms with E-state index in [4.69, 9.17) is 14.2 Å². The first kappa shape index (κ1) is 25.2. The summed E-state index contributed by atoms with van der Waals surface area (Å²) < 4.78 is 15.6. The minimum absolute atomic E-state index is 0.195. The van der Waals surface area contributed by atoms with Gasteiger partial charge in [0.2, 0.25) is 0 Å². The standard InChI is InChI=1S/C24H38O5/c1-3-5-6-7-8-9-10-11-12-13-17-28-23(25)21-15-14-16-22(20-21)24(26)29-19-18-27-4-2/h14-16,20H,3-13,17-19H2,1-2H3. The lowest BCUT2D eigenvalue weighted by atomic mass is 10.1. The molecule has 0 heterocycles. The maximum atomic E-state index is 12.2. The predicted molar refractivity (Wildman–Crippen MR) is 115 cm³/mol. The van der Waals surface area contributed by atoms with E-state index >= 15 is 0 Å². The molecule has 29 heavy (non-hydrogen) atoms. The van der Waals surface area contributed by atoms with E-state index in [-0.39, 0.29) is 6.61 Å². The zero-order chi connectivity index (χ0) is 21.2. The quantitative estimate of drug-likeness (QED) is 0.236. The number of unbranched alkanes of at least 4 members (excludes halogenated alkanes) is 9. The van der Waals surface area contributed by atoms with Gasteiger partial charge in [-0.2, -0.15) is 0 Å². The summed E-state index contributed by atoms with van der Waals surface area (Å²) in [6.07, 6.45) is 12.4. The number of carbonyl (C=O) groups excluding carboxylic acids is 2. The number of benzene rings is 1. The van der Waals surface area contributed by atoms with Gasteiger partial charge in [-0.3, -0.25) is 0 Å². The van der Waals surface area contributed by atoms with E-state index in [0.29, 0.717) is 30.9 Å². The van der Waals surface area contributed by atoms with Gasteiger partial charge in [0.1, 0.15) is 6.61 Å². The fourth-order valence-corrected chi connectivity index (χ4v) is 3.03. The van der Waals surface area contributed by atoms with E-state index in [9.17, 15) is 9.59 Å². The van der Waals surface area contributed by atoms with Gasteiger partial charge in [0.05, 0.1) is 24.3 Å². The largest absolute Gasteiger partial charge is 0.462 e. The lowest BCUT2D eigenvalue weighted by molar-refractivity contribution is 0.0335. The summed E-state index contributed by atoms with van der Waals surface area (Å²) >= 11 is 0. The molecule has 0 bridgehead atoms. The van der Waals surface area contributed by atoms with E-state index in [1.54, 1.807) is 18.2 Å². The molecule has 1 aromatic carbocycles. The van der Waals surface area contributed by atoms with Crippen LogP contribution in [0, 0.1) is 0 Å². The molecule has 1 aromatic rings. The van der Waals surface area contributed by atoms with E-state index in [1.165, 1.54) is 57.4 Å². The summed E-state index contributed by atoms with van der Waals surface area (Å²) in [7, 11) is 0. The smallest absolute Gasteiger partial charge is 0.338 e. The van der Waals surface area contributed by atoms with Crippen molar-refractivity contribution < 1.29 is 23.8 Å². The summed E-state index contributed by atoms with van der Waals surface area (Å²) in [6.45, 7) is 5.68. The van der Waals surface area contributed by atoms with Crippen molar-refractivity contribution in [3.63, 3.8) is 0 Å². The van der Waals surface area contributed by atoms with E-state index in [0.717, 1.165) is 12.8 Å². The van der Waals surface area contributed by atoms with Crippen LogP contribution in [0.25, 0.3) is 0 Å². The monoisotopic (exact) mass is 406 g/mol. The van der Waals surface area contributed by atoms with Gasteiger partial charge in [0.15, 0.2) is 0 Å². The second kappa shape index (κ2) is 17.0. The fraction of sp³-hybridized carbons (Fsp3) is 0.667. The molecular weight excluding hydrogens is 368 g/mol. The molecule has 0 N–H and O–H groups in total. The van der Waals surface area contributed by atoms with Crippen LogP contribution < -0.4 is 0 Å². The van der Waals surface area contributed by atoms with Crippen LogP contribution in [-0.2, 0) is 14.2 Å². The lowest BCUT2D eigenvalue weighted by Crippen LogP contribution is -2.12. The van der Waals surface area contributed by atoms with Crippen molar-refractivity contribution >= 4 is 11.9 Å². The Kier molecular flexibility index (Phi) is 14.8. The van der Waals surface area contributed by atoms with Crippen LogP contribution in [0.15, 0.2) is 24.3 Å². The SMILES string of the molecule is CCCCCCCCCCCCOC(=O)c1cccc(C(=O)OCCOCC)c1. The van der Waals surface area contributed by atoms with Gasteiger partial charge in [-0.15, -0.1) is 0 Å². The zero-order valence-corrected chi connectivity index (χ0v) is 18.3. The normalized spacial score (nSPS) is 10.7. The summed E-state index contributed by atoms with van der Waals surface area (Å²) in [5.74, 6) is -0.862. The van der Waals surface area contributed by atoms with E-state index < -0.39 is 11.9 Å². The highest BCUT2D eigenvalue weighted by atomic mass is 16.6. The molecule has 5 heteroatoms. The third-order valence-corrected chi connectivity index (χ3v) is 4.73. The zero-order valence-electron chi connectivity index (χ0n) is 18.3. The number of esters is 2. The molecule has 0 amide bonds. The van der Waals surface area contributed by atoms with Crippen molar-refractivity contribution in [1.82, 2.24) is 0 Å². The summed E-state index contributed by atoms with van der Waals surface area (Å²) in [5.41, 5.74) is 0.714. The first-order valence-corrected chi connectivity index (χ1v) is 11.2. The Labute approximate surface area is 176 Å². The molecule has 1 rings (SSSR count). The Balaban J connectivity index is 2.17. The molecular formula is C24H38O5. The van der Waals surface area contributed by atoms with Gasteiger partial charge in [-0.1, -0.05) is 70.8 Å². The highest BCUT2D eigenvalue weighted by molar-refractivity contribution is 5.95. The second-order valence-electron chi connectivity index (χ2n) is 7.23. The summed E-state index contributed by atoms with van der Waals surface area (Å²) in [6, 6.07) is 6.46. The van der Waals surface area contributed by atoms with Crippen LogP contribution in [0.2, 0.25) is 0 Å². The minimum atomic E-state index is -0.464. The summed E-state index contributed by atoms with van der Waals surface area (Å²) in [5, 5.41) is 0. The highest BCUT2D eigenvalue weighted by Gasteiger charge is 2.12. The Morgan fingerprint density at radius 2 is 1.21 bits per heavy atom. The third-order valence-electron chi connectivity index (χ3n) is 4.73. The Morgan fingerprint density at radius 3 is 1.76 bits per heavy atom. The topological polar surface area (TPSA) is 61.8 Å². The molecule has 0 radical (unpaired) electrons. The van der Waals surface area contributed by atoms with Crippen LogP contribution in [0.4, 0.5) is 0 Å². The molecule has 164 valence electrons. The molecule has 0 spiro atoms. The van der Waals surface area contributed by atoms with Crippen LogP contribution in [0.5, 0.6) is 0 Å². The van der Waals surface area contributed by atoms with Gasteiger partial charge >= 0.3 is 11.9 Å². The number of hydrogen-bond acceptors (Lipinski definition) is 5. The van der Waals surface area contributed by atoms with Gasteiger partial charge in [-0.05, 0) is 31.5 Å². The molecule has 5 nitrogen and oxygen atoms in total. The van der Waals surface area contributed by atoms with Crippen molar-refractivity contribution in [2.75, 3.05) is 26.4 Å². The molecule has 0 saturated heterocycles. The predicted octanol–water partition coefficient (Wildman–Crippen LogP) is 5.96. The Bertz CT molecular complexity index is 570. The van der Waals surface area contributed by atoms with E-state index in [2.05, 4.69) is 6.92 Å². The van der Waals surface area contributed by atoms with E-state index in [1.807, 2.05) is 6.92 Å². The fourth-order valence-electron chi connectivity index (χ4n) is 3.03.